The van der Waals surface area contributed by atoms with Gasteiger partial charge in [0.2, 0.25) is 0 Å². The molecule has 0 radical (unpaired) electrons. The number of morpholine rings is 1. The minimum Gasteiger partial charge on any atom is -0.378 e. The number of hydrogen-bond donors (Lipinski definition) is 2. The van der Waals surface area contributed by atoms with E-state index in [4.69, 9.17) is 17.0 Å². The first kappa shape index (κ1) is 22.6. The second-order valence-corrected chi connectivity index (χ2v) is 7.81. The second-order valence-electron chi connectivity index (χ2n) is 7.40. The molecule has 1 aliphatic rings. The largest absolute Gasteiger partial charge is 0.378 e. The molecule has 1 heterocycles. The first-order valence-corrected chi connectivity index (χ1v) is 10.6. The lowest BCUT2D eigenvalue weighted by molar-refractivity contribution is -0.384. The van der Waals surface area contributed by atoms with Crippen LogP contribution in [0.3, 0.4) is 0 Å². The van der Waals surface area contributed by atoms with Crippen molar-refractivity contribution in [2.45, 2.75) is 26.2 Å². The van der Waals surface area contributed by atoms with Crippen LogP contribution in [-0.4, -0.2) is 42.2 Å². The van der Waals surface area contributed by atoms with Gasteiger partial charge in [0, 0.05) is 30.4 Å². The van der Waals surface area contributed by atoms with Gasteiger partial charge in [0.15, 0.2) is 5.11 Å². The molecule has 1 fully saturated rings. The van der Waals surface area contributed by atoms with E-state index in [-0.39, 0.29) is 16.4 Å². The van der Waals surface area contributed by atoms with Crippen molar-refractivity contribution >= 4 is 40.3 Å². The lowest BCUT2D eigenvalue weighted by Gasteiger charge is -2.28. The average molecular weight is 443 g/mol. The summed E-state index contributed by atoms with van der Waals surface area (Å²) in [5.41, 5.74) is 2.52. The Morgan fingerprint density at radius 2 is 1.90 bits per heavy atom. The number of nitrogens with one attached hydrogen (secondary N) is 2. The maximum absolute atomic E-state index is 12.6. The molecule has 2 N–H and O–H groups in total. The van der Waals surface area contributed by atoms with Crippen molar-refractivity contribution in [3.8, 4) is 0 Å². The number of benzene rings is 2. The Balaban J connectivity index is 1.67. The summed E-state index contributed by atoms with van der Waals surface area (Å²) < 4.78 is 5.30. The van der Waals surface area contributed by atoms with Crippen molar-refractivity contribution in [2.24, 2.45) is 0 Å². The summed E-state index contributed by atoms with van der Waals surface area (Å²) in [6.45, 7) is 6.46. The molecule has 9 heteroatoms. The topological polar surface area (TPSA) is 96.7 Å². The minimum atomic E-state index is -0.509. The molecule has 0 bridgehead atoms. The van der Waals surface area contributed by atoms with Crippen LogP contribution in [0.4, 0.5) is 17.1 Å². The molecule has 8 nitrogen and oxygen atoms in total. The molecule has 0 saturated carbocycles. The number of nitro groups is 1. The van der Waals surface area contributed by atoms with Crippen molar-refractivity contribution in [2.75, 3.05) is 36.5 Å². The summed E-state index contributed by atoms with van der Waals surface area (Å²) in [4.78, 5) is 25.6. The molecule has 0 aromatic heterocycles. The number of nitrogens with zero attached hydrogens (tertiary/aromatic N) is 2. The number of amides is 1. The second kappa shape index (κ2) is 10.3. The van der Waals surface area contributed by atoms with Crippen LogP contribution in [-0.2, 0) is 4.74 Å². The monoisotopic (exact) mass is 442 g/mol. The van der Waals surface area contributed by atoms with E-state index in [9.17, 15) is 14.9 Å². The third-order valence-electron chi connectivity index (χ3n) is 5.36. The Morgan fingerprint density at radius 1 is 1.23 bits per heavy atom. The highest BCUT2D eigenvalue weighted by molar-refractivity contribution is 7.80. The number of nitro benzene ring substituents is 1. The highest BCUT2D eigenvalue weighted by atomic mass is 32.1. The van der Waals surface area contributed by atoms with Gasteiger partial charge in [0.05, 0.1) is 18.1 Å². The number of anilines is 2. The van der Waals surface area contributed by atoms with Gasteiger partial charge in [-0.15, -0.1) is 0 Å². The first-order valence-electron chi connectivity index (χ1n) is 10.2. The normalized spacial score (nSPS) is 14.6. The van der Waals surface area contributed by atoms with E-state index in [1.165, 1.54) is 11.6 Å². The predicted octanol–water partition coefficient (Wildman–Crippen LogP) is 4.07. The quantitative estimate of drug-likeness (QED) is 0.395. The summed E-state index contributed by atoms with van der Waals surface area (Å²) in [5, 5.41) is 17.3. The van der Waals surface area contributed by atoms with Gasteiger partial charge in [-0.1, -0.05) is 26.0 Å². The summed E-state index contributed by atoms with van der Waals surface area (Å²) in [7, 11) is 0. The van der Waals surface area contributed by atoms with Crippen LogP contribution >= 0.6 is 12.2 Å². The molecule has 1 amide bonds. The van der Waals surface area contributed by atoms with Crippen LogP contribution in [0, 0.1) is 10.1 Å². The number of carbonyl (C=O) groups excluding carboxylic acids is 1. The highest BCUT2D eigenvalue weighted by Crippen LogP contribution is 2.30. The fraction of sp³-hybridized carbons (Fsp3) is 0.364. The zero-order valence-electron chi connectivity index (χ0n) is 17.6. The Kier molecular flexibility index (Phi) is 7.54. The number of thiocarbonyl (C=S) groups is 1. The zero-order valence-corrected chi connectivity index (χ0v) is 18.4. The SMILES string of the molecule is CC[C@H](C)c1ccc(NC(=S)NC(=O)c2ccc(N3CCOCC3)c([N+](=O)[O-])c2)cc1. The molecule has 164 valence electrons. The van der Waals surface area contributed by atoms with Gasteiger partial charge in [0.25, 0.3) is 11.6 Å². The number of carbonyl (C=O) groups is 1. The molecule has 2 aromatic carbocycles. The van der Waals surface area contributed by atoms with Gasteiger partial charge in [-0.25, -0.2) is 0 Å². The third kappa shape index (κ3) is 5.77. The Bertz CT molecular complexity index is 958. The molecule has 0 aliphatic carbocycles. The summed E-state index contributed by atoms with van der Waals surface area (Å²) in [5.74, 6) is -0.0396. The van der Waals surface area contributed by atoms with Gasteiger partial charge in [-0.05, 0) is 54.4 Å². The number of hydrogen-bond acceptors (Lipinski definition) is 6. The summed E-state index contributed by atoms with van der Waals surface area (Å²) >= 11 is 5.23. The summed E-state index contributed by atoms with van der Waals surface area (Å²) in [6, 6.07) is 12.3. The molecule has 3 rings (SSSR count). The molecule has 0 unspecified atom stereocenters. The summed E-state index contributed by atoms with van der Waals surface area (Å²) in [6.07, 6.45) is 1.05. The minimum absolute atomic E-state index is 0.117. The van der Waals surface area contributed by atoms with Crippen molar-refractivity contribution in [1.29, 1.82) is 0 Å². The molecule has 1 saturated heterocycles. The van der Waals surface area contributed by atoms with Gasteiger partial charge in [-0.2, -0.15) is 0 Å². The van der Waals surface area contributed by atoms with Crippen molar-refractivity contribution in [3.63, 3.8) is 0 Å². The zero-order chi connectivity index (χ0) is 22.4. The Morgan fingerprint density at radius 3 is 2.52 bits per heavy atom. The molecular formula is C22H26N4O4S. The van der Waals surface area contributed by atoms with E-state index in [0.29, 0.717) is 37.9 Å². The maximum atomic E-state index is 12.6. The fourth-order valence-corrected chi connectivity index (χ4v) is 3.56. The van der Waals surface area contributed by atoms with E-state index < -0.39 is 10.8 Å². The van der Waals surface area contributed by atoms with E-state index >= 15 is 0 Å². The molecule has 1 aliphatic heterocycles. The van der Waals surface area contributed by atoms with Crippen LogP contribution in [0.15, 0.2) is 42.5 Å². The lowest BCUT2D eigenvalue weighted by atomic mass is 9.99. The van der Waals surface area contributed by atoms with E-state index in [1.54, 1.807) is 12.1 Å². The smallest absolute Gasteiger partial charge is 0.293 e. The molecule has 1 atom stereocenters. The number of ether oxygens (including phenoxy) is 1. The van der Waals surface area contributed by atoms with Crippen molar-refractivity contribution in [1.82, 2.24) is 5.32 Å². The molecule has 2 aromatic rings. The molecule has 31 heavy (non-hydrogen) atoms. The fourth-order valence-electron chi connectivity index (χ4n) is 3.35. The Hall–Kier alpha value is -3.04. The van der Waals surface area contributed by atoms with Crippen LogP contribution in [0.1, 0.15) is 42.1 Å². The predicted molar refractivity (Wildman–Crippen MR) is 125 cm³/mol. The van der Waals surface area contributed by atoms with Crippen LogP contribution in [0.25, 0.3) is 0 Å². The first-order chi connectivity index (χ1) is 14.9. The number of rotatable bonds is 6. The van der Waals surface area contributed by atoms with E-state index in [1.807, 2.05) is 29.2 Å². The Labute approximate surface area is 186 Å². The molecule has 0 spiro atoms. The highest BCUT2D eigenvalue weighted by Gasteiger charge is 2.23. The maximum Gasteiger partial charge on any atom is 0.293 e. The van der Waals surface area contributed by atoms with E-state index in [2.05, 4.69) is 24.5 Å². The molecular weight excluding hydrogens is 416 g/mol. The standard InChI is InChI=1S/C22H26N4O4S/c1-3-15(2)16-4-7-18(8-5-16)23-22(31)24-21(27)17-6-9-19(20(14-17)26(28)29)25-10-12-30-13-11-25/h4-9,14-15H,3,10-13H2,1-2H3,(H2,23,24,27,31)/t15-/m0/s1. The van der Waals surface area contributed by atoms with Gasteiger partial charge in [0.1, 0.15) is 5.69 Å². The van der Waals surface area contributed by atoms with Gasteiger partial charge >= 0.3 is 0 Å². The third-order valence-corrected chi connectivity index (χ3v) is 5.57. The van der Waals surface area contributed by atoms with E-state index in [0.717, 1.165) is 12.1 Å². The van der Waals surface area contributed by atoms with Crippen molar-refractivity contribution in [3.05, 3.63) is 63.7 Å². The lowest BCUT2D eigenvalue weighted by Crippen LogP contribution is -2.37. The van der Waals surface area contributed by atoms with Gasteiger partial charge < -0.3 is 15.0 Å². The van der Waals surface area contributed by atoms with Gasteiger partial charge in [-0.3, -0.25) is 20.2 Å². The van der Waals surface area contributed by atoms with Crippen LogP contribution in [0.2, 0.25) is 0 Å². The van der Waals surface area contributed by atoms with Crippen LogP contribution in [0.5, 0.6) is 0 Å². The van der Waals surface area contributed by atoms with Crippen molar-refractivity contribution < 1.29 is 14.5 Å². The average Bonchev–Trinajstić information content (AvgIpc) is 2.79. The van der Waals surface area contributed by atoms with Crippen LogP contribution < -0.4 is 15.5 Å².